The second-order valence-electron chi connectivity index (χ2n) is 5.60. The minimum Gasteiger partial charge on any atom is -0.309 e. The fourth-order valence-corrected chi connectivity index (χ4v) is 3.04. The first-order chi connectivity index (χ1) is 8.83. The summed E-state index contributed by atoms with van der Waals surface area (Å²) in [6.45, 7) is 9.59. The Morgan fingerprint density at radius 3 is 2.63 bits per heavy atom. The Morgan fingerprint density at radius 1 is 1.37 bits per heavy atom. The van der Waals surface area contributed by atoms with Crippen LogP contribution in [-0.2, 0) is 0 Å². The van der Waals surface area contributed by atoms with Crippen LogP contribution in [0.15, 0.2) is 22.7 Å². The summed E-state index contributed by atoms with van der Waals surface area (Å²) >= 11 is 5.28. The Kier molecular flexibility index (Phi) is 6.84. The molecule has 0 saturated carbocycles. The molecule has 1 nitrogen and oxygen atoms in total. The van der Waals surface area contributed by atoms with E-state index >= 15 is 0 Å². The summed E-state index contributed by atoms with van der Waals surface area (Å²) in [5, 5.41) is 3.44. The lowest BCUT2D eigenvalue weighted by atomic mass is 10.1. The van der Waals surface area contributed by atoms with E-state index in [0.717, 1.165) is 28.8 Å². The van der Waals surface area contributed by atoms with Crippen LogP contribution in [0, 0.1) is 5.82 Å². The van der Waals surface area contributed by atoms with Gasteiger partial charge < -0.3 is 5.32 Å². The van der Waals surface area contributed by atoms with E-state index in [4.69, 9.17) is 0 Å². The molecule has 0 fully saturated rings. The smallest absolute Gasteiger partial charge is 0.128 e. The molecular weight excluding hydrogens is 325 g/mol. The van der Waals surface area contributed by atoms with Gasteiger partial charge in [0.15, 0.2) is 0 Å². The summed E-state index contributed by atoms with van der Waals surface area (Å²) in [6, 6.07) is 5.21. The van der Waals surface area contributed by atoms with Crippen molar-refractivity contribution >= 4 is 27.7 Å². The van der Waals surface area contributed by atoms with Gasteiger partial charge in [0.1, 0.15) is 5.82 Å². The molecule has 0 heterocycles. The molecule has 19 heavy (non-hydrogen) atoms. The predicted octanol–water partition coefficient (Wildman–Crippen LogP) is 5.16. The van der Waals surface area contributed by atoms with Crippen molar-refractivity contribution in [3.8, 4) is 0 Å². The highest BCUT2D eigenvalue weighted by atomic mass is 79.9. The van der Waals surface area contributed by atoms with Gasteiger partial charge in [0.2, 0.25) is 0 Å². The highest BCUT2D eigenvalue weighted by Gasteiger charge is 2.19. The molecule has 0 bridgehead atoms. The van der Waals surface area contributed by atoms with Gasteiger partial charge in [-0.2, -0.15) is 11.8 Å². The Morgan fingerprint density at radius 2 is 2.05 bits per heavy atom. The Hall–Kier alpha value is -0.0600. The van der Waals surface area contributed by atoms with Gasteiger partial charge in [0.05, 0.1) is 0 Å². The standard InChI is InChI=1S/C15H23BrFNS/c1-5-8-18-14(10-19-15(2,3)4)12-9-11(16)6-7-13(12)17/h6-7,9,14,18H,5,8,10H2,1-4H3. The van der Waals surface area contributed by atoms with Crippen LogP contribution < -0.4 is 5.32 Å². The first kappa shape index (κ1) is 17.0. The first-order valence-corrected chi connectivity index (χ1v) is 8.43. The second-order valence-corrected chi connectivity index (χ2v) is 8.36. The summed E-state index contributed by atoms with van der Waals surface area (Å²) in [4.78, 5) is 0. The Labute approximate surface area is 128 Å². The lowest BCUT2D eigenvalue weighted by Crippen LogP contribution is -2.26. The molecule has 0 aromatic heterocycles. The van der Waals surface area contributed by atoms with E-state index in [1.165, 1.54) is 6.07 Å². The monoisotopic (exact) mass is 347 g/mol. The first-order valence-electron chi connectivity index (χ1n) is 6.66. The van der Waals surface area contributed by atoms with Crippen molar-refractivity contribution in [2.24, 2.45) is 0 Å². The molecule has 0 aliphatic rings. The Bertz CT molecular complexity index is 404. The van der Waals surface area contributed by atoms with Gasteiger partial charge in [-0.1, -0.05) is 43.6 Å². The van der Waals surface area contributed by atoms with Gasteiger partial charge in [0, 0.05) is 26.6 Å². The minimum atomic E-state index is -0.133. The quantitative estimate of drug-likeness (QED) is 0.762. The molecule has 4 heteroatoms. The summed E-state index contributed by atoms with van der Waals surface area (Å²) in [5.41, 5.74) is 0.750. The normalized spacial score (nSPS) is 13.6. The van der Waals surface area contributed by atoms with Gasteiger partial charge in [0.25, 0.3) is 0 Å². The summed E-state index contributed by atoms with van der Waals surface area (Å²) in [6.07, 6.45) is 1.05. The van der Waals surface area contributed by atoms with Crippen molar-refractivity contribution in [1.82, 2.24) is 5.32 Å². The third-order valence-corrected chi connectivity index (χ3v) is 4.52. The van der Waals surface area contributed by atoms with E-state index < -0.39 is 0 Å². The van der Waals surface area contributed by atoms with Crippen LogP contribution in [0.2, 0.25) is 0 Å². The van der Waals surface area contributed by atoms with Crippen LogP contribution >= 0.6 is 27.7 Å². The van der Waals surface area contributed by atoms with Crippen molar-refractivity contribution in [2.75, 3.05) is 12.3 Å². The molecule has 0 saturated heterocycles. The zero-order valence-corrected chi connectivity index (χ0v) is 14.5. The van der Waals surface area contributed by atoms with Crippen LogP contribution in [0.1, 0.15) is 45.7 Å². The lowest BCUT2D eigenvalue weighted by Gasteiger charge is -2.24. The van der Waals surface area contributed by atoms with Crippen molar-refractivity contribution < 1.29 is 4.39 Å². The van der Waals surface area contributed by atoms with Gasteiger partial charge in [-0.25, -0.2) is 4.39 Å². The van der Waals surface area contributed by atoms with Gasteiger partial charge in [-0.3, -0.25) is 0 Å². The molecule has 0 aliphatic heterocycles. The SMILES string of the molecule is CCCNC(CSC(C)(C)C)c1cc(Br)ccc1F. The van der Waals surface area contributed by atoms with Gasteiger partial charge in [-0.15, -0.1) is 0 Å². The highest BCUT2D eigenvalue weighted by Crippen LogP contribution is 2.30. The van der Waals surface area contributed by atoms with Crippen LogP contribution in [-0.4, -0.2) is 17.0 Å². The third-order valence-electron chi connectivity index (χ3n) is 2.66. The molecule has 108 valence electrons. The molecule has 1 aromatic rings. The maximum absolute atomic E-state index is 14.0. The number of hydrogen-bond donors (Lipinski definition) is 1. The van der Waals surface area contributed by atoms with Crippen molar-refractivity contribution in [2.45, 2.75) is 44.9 Å². The largest absolute Gasteiger partial charge is 0.309 e. The number of halogens is 2. The van der Waals surface area contributed by atoms with E-state index in [1.54, 1.807) is 6.07 Å². The molecule has 0 aliphatic carbocycles. The van der Waals surface area contributed by atoms with Gasteiger partial charge >= 0.3 is 0 Å². The molecule has 1 rings (SSSR count). The second kappa shape index (κ2) is 7.65. The number of benzene rings is 1. The van der Waals surface area contributed by atoms with Crippen LogP contribution in [0.4, 0.5) is 4.39 Å². The molecule has 0 spiro atoms. The molecule has 1 unspecified atom stereocenters. The van der Waals surface area contributed by atoms with Crippen LogP contribution in [0.3, 0.4) is 0 Å². The molecule has 1 aromatic carbocycles. The molecule has 0 radical (unpaired) electrons. The van der Waals surface area contributed by atoms with E-state index in [9.17, 15) is 4.39 Å². The number of nitrogens with one attached hydrogen (secondary N) is 1. The Balaban J connectivity index is 2.85. The number of thioether (sulfide) groups is 1. The maximum atomic E-state index is 14.0. The lowest BCUT2D eigenvalue weighted by molar-refractivity contribution is 0.531. The maximum Gasteiger partial charge on any atom is 0.128 e. The fourth-order valence-electron chi connectivity index (χ4n) is 1.69. The highest BCUT2D eigenvalue weighted by molar-refractivity contribution is 9.10. The zero-order valence-electron chi connectivity index (χ0n) is 12.1. The topological polar surface area (TPSA) is 12.0 Å². The molecular formula is C15H23BrFNS. The third kappa shape index (κ3) is 6.28. The van der Waals surface area contributed by atoms with E-state index in [1.807, 2.05) is 17.8 Å². The van der Waals surface area contributed by atoms with E-state index in [2.05, 4.69) is 48.9 Å². The van der Waals surface area contributed by atoms with Crippen LogP contribution in [0.5, 0.6) is 0 Å². The molecule has 1 N–H and O–H groups in total. The zero-order chi connectivity index (χ0) is 14.5. The van der Waals surface area contributed by atoms with Crippen molar-refractivity contribution in [3.63, 3.8) is 0 Å². The average Bonchev–Trinajstić information content (AvgIpc) is 2.32. The fraction of sp³-hybridized carbons (Fsp3) is 0.600. The van der Waals surface area contributed by atoms with E-state index in [-0.39, 0.29) is 16.6 Å². The van der Waals surface area contributed by atoms with Gasteiger partial charge in [-0.05, 0) is 31.2 Å². The molecule has 1 atom stereocenters. The van der Waals surface area contributed by atoms with Crippen LogP contribution in [0.25, 0.3) is 0 Å². The minimum absolute atomic E-state index is 0.0571. The molecule has 0 amide bonds. The van der Waals surface area contributed by atoms with E-state index in [0.29, 0.717) is 0 Å². The summed E-state index contributed by atoms with van der Waals surface area (Å²) < 4.78 is 15.1. The summed E-state index contributed by atoms with van der Waals surface area (Å²) in [5.74, 6) is 0.739. The summed E-state index contributed by atoms with van der Waals surface area (Å²) in [7, 11) is 0. The number of hydrogen-bond acceptors (Lipinski definition) is 2. The van der Waals surface area contributed by atoms with Crippen molar-refractivity contribution in [3.05, 3.63) is 34.1 Å². The number of rotatable bonds is 6. The van der Waals surface area contributed by atoms with Crippen molar-refractivity contribution in [1.29, 1.82) is 0 Å². The predicted molar refractivity (Wildman–Crippen MR) is 87.3 cm³/mol. The average molecular weight is 348 g/mol.